The van der Waals surface area contributed by atoms with Gasteiger partial charge in [-0.2, -0.15) is 0 Å². The van der Waals surface area contributed by atoms with Crippen molar-refractivity contribution in [3.63, 3.8) is 0 Å². The van der Waals surface area contributed by atoms with Crippen molar-refractivity contribution in [3.05, 3.63) is 119 Å². The summed E-state index contributed by atoms with van der Waals surface area (Å²) in [6.07, 6.45) is 1.98. The molecule has 2 aliphatic rings. The van der Waals surface area contributed by atoms with Gasteiger partial charge < -0.3 is 9.47 Å². The van der Waals surface area contributed by atoms with Gasteiger partial charge in [-0.1, -0.05) is 73.7 Å². The number of imide groups is 1. The van der Waals surface area contributed by atoms with Crippen molar-refractivity contribution < 1.29 is 19.1 Å². The number of carbonyl (C=O) groups is 2. The maximum atomic E-state index is 12.7. The molecule has 4 aromatic rings. The van der Waals surface area contributed by atoms with Crippen LogP contribution in [0.2, 0.25) is 0 Å². The molecule has 0 fully saturated rings. The summed E-state index contributed by atoms with van der Waals surface area (Å²) in [5, 5.41) is 0. The van der Waals surface area contributed by atoms with Crippen molar-refractivity contribution in [3.8, 4) is 22.6 Å². The Labute approximate surface area is 241 Å². The van der Waals surface area contributed by atoms with Gasteiger partial charge >= 0.3 is 0 Å². The van der Waals surface area contributed by atoms with Crippen molar-refractivity contribution in [2.75, 3.05) is 20.3 Å². The number of fused-ring (bicyclic) bond motifs is 2. The standard InChI is InChI=1S/C35H34N2O4/c1-3-19-36(28-20-31-32(40-2)9-6-10-33(31)41-23-28)21-24-11-15-26(16-12-24)27-17-13-25(14-18-27)22-37-34(38)29-7-4-5-8-30(29)35(37)39/h4-18,28H,3,19-23H2,1-2H3. The van der Waals surface area contributed by atoms with E-state index in [-0.39, 0.29) is 24.4 Å². The van der Waals surface area contributed by atoms with Crippen LogP contribution in [-0.4, -0.2) is 47.9 Å². The molecule has 0 bridgehead atoms. The van der Waals surface area contributed by atoms with Crippen LogP contribution in [0.1, 0.15) is 50.8 Å². The van der Waals surface area contributed by atoms with Gasteiger partial charge in [-0.25, -0.2) is 0 Å². The Morgan fingerprint density at radius 1 is 0.829 bits per heavy atom. The molecule has 1 atom stereocenters. The average molecular weight is 547 g/mol. The highest BCUT2D eigenvalue weighted by atomic mass is 16.5. The molecular weight excluding hydrogens is 512 g/mol. The molecule has 0 saturated carbocycles. The average Bonchev–Trinajstić information content (AvgIpc) is 3.26. The van der Waals surface area contributed by atoms with E-state index in [1.54, 1.807) is 31.4 Å². The predicted octanol–water partition coefficient (Wildman–Crippen LogP) is 6.37. The Balaban J connectivity index is 1.11. The fourth-order valence-corrected chi connectivity index (χ4v) is 5.87. The lowest BCUT2D eigenvalue weighted by atomic mass is 9.99. The smallest absolute Gasteiger partial charge is 0.261 e. The fraction of sp³-hybridized carbons (Fsp3) is 0.257. The van der Waals surface area contributed by atoms with E-state index in [0.29, 0.717) is 17.7 Å². The maximum Gasteiger partial charge on any atom is 0.261 e. The number of hydrogen-bond acceptors (Lipinski definition) is 5. The van der Waals surface area contributed by atoms with Gasteiger partial charge in [-0.15, -0.1) is 0 Å². The summed E-state index contributed by atoms with van der Waals surface area (Å²) in [6.45, 7) is 5.00. The van der Waals surface area contributed by atoms with Crippen molar-refractivity contribution >= 4 is 11.8 Å². The van der Waals surface area contributed by atoms with Gasteiger partial charge in [0.15, 0.2) is 0 Å². The first kappa shape index (κ1) is 26.8. The predicted molar refractivity (Wildman–Crippen MR) is 159 cm³/mol. The zero-order chi connectivity index (χ0) is 28.3. The molecule has 208 valence electrons. The normalized spacial score (nSPS) is 16.0. The summed E-state index contributed by atoms with van der Waals surface area (Å²) >= 11 is 0. The number of benzene rings is 4. The second-order valence-corrected chi connectivity index (χ2v) is 10.7. The molecule has 0 spiro atoms. The quantitative estimate of drug-likeness (QED) is 0.228. The highest BCUT2D eigenvalue weighted by molar-refractivity contribution is 6.21. The van der Waals surface area contributed by atoms with Gasteiger partial charge in [0.2, 0.25) is 0 Å². The van der Waals surface area contributed by atoms with E-state index in [9.17, 15) is 9.59 Å². The van der Waals surface area contributed by atoms with Crippen molar-refractivity contribution in [1.82, 2.24) is 9.80 Å². The van der Waals surface area contributed by atoms with Gasteiger partial charge in [0.05, 0.1) is 24.8 Å². The Hall–Kier alpha value is -4.42. The highest BCUT2D eigenvalue weighted by Crippen LogP contribution is 2.34. The van der Waals surface area contributed by atoms with E-state index in [1.165, 1.54) is 10.5 Å². The fourth-order valence-electron chi connectivity index (χ4n) is 5.87. The molecule has 2 aliphatic heterocycles. The van der Waals surface area contributed by atoms with E-state index in [1.807, 2.05) is 30.3 Å². The highest BCUT2D eigenvalue weighted by Gasteiger charge is 2.35. The number of carbonyl (C=O) groups excluding carboxylic acids is 2. The van der Waals surface area contributed by atoms with Crippen molar-refractivity contribution in [2.24, 2.45) is 0 Å². The Kier molecular flexibility index (Phi) is 7.57. The van der Waals surface area contributed by atoms with E-state index in [0.717, 1.165) is 59.7 Å². The van der Waals surface area contributed by atoms with E-state index in [2.05, 4.69) is 48.2 Å². The molecule has 0 radical (unpaired) electrons. The molecular formula is C35H34N2O4. The Bertz CT molecular complexity index is 1510. The maximum absolute atomic E-state index is 12.7. The third-order valence-electron chi connectivity index (χ3n) is 8.05. The number of nitrogens with zero attached hydrogens (tertiary/aromatic N) is 2. The first-order chi connectivity index (χ1) is 20.1. The van der Waals surface area contributed by atoms with Gasteiger partial charge in [0, 0.05) is 18.2 Å². The van der Waals surface area contributed by atoms with Crippen LogP contribution in [0, 0.1) is 0 Å². The first-order valence-corrected chi connectivity index (χ1v) is 14.2. The first-order valence-electron chi connectivity index (χ1n) is 14.2. The van der Waals surface area contributed by atoms with Crippen LogP contribution < -0.4 is 9.47 Å². The summed E-state index contributed by atoms with van der Waals surface area (Å²) in [5.74, 6) is 1.36. The van der Waals surface area contributed by atoms with E-state index in [4.69, 9.17) is 9.47 Å². The minimum Gasteiger partial charge on any atom is -0.496 e. The zero-order valence-electron chi connectivity index (χ0n) is 23.5. The van der Waals surface area contributed by atoms with Gasteiger partial charge in [0.25, 0.3) is 11.8 Å². The molecule has 0 N–H and O–H groups in total. The number of ether oxygens (including phenoxy) is 2. The largest absolute Gasteiger partial charge is 0.496 e. The van der Waals surface area contributed by atoms with Crippen LogP contribution in [0.15, 0.2) is 91.0 Å². The third-order valence-corrected chi connectivity index (χ3v) is 8.05. The third kappa shape index (κ3) is 5.35. The van der Waals surface area contributed by atoms with Gasteiger partial charge in [0.1, 0.15) is 18.1 Å². The van der Waals surface area contributed by atoms with Crippen LogP contribution in [0.5, 0.6) is 11.5 Å². The lowest BCUT2D eigenvalue weighted by Gasteiger charge is -2.35. The lowest BCUT2D eigenvalue weighted by Crippen LogP contribution is -2.43. The van der Waals surface area contributed by atoms with Crippen molar-refractivity contribution in [2.45, 2.75) is 38.9 Å². The monoisotopic (exact) mass is 546 g/mol. The Morgan fingerprint density at radius 2 is 1.46 bits per heavy atom. The molecule has 6 nitrogen and oxygen atoms in total. The molecule has 2 heterocycles. The van der Waals surface area contributed by atoms with E-state index < -0.39 is 0 Å². The molecule has 0 saturated heterocycles. The molecule has 41 heavy (non-hydrogen) atoms. The van der Waals surface area contributed by atoms with Crippen LogP contribution in [-0.2, 0) is 19.5 Å². The topological polar surface area (TPSA) is 59.1 Å². The van der Waals surface area contributed by atoms with Gasteiger partial charge in [-0.3, -0.25) is 19.4 Å². The van der Waals surface area contributed by atoms with E-state index >= 15 is 0 Å². The second-order valence-electron chi connectivity index (χ2n) is 10.7. The molecule has 0 aromatic heterocycles. The SMILES string of the molecule is CCCN(Cc1ccc(-c2ccc(CN3C(=O)c4ccccc4C3=O)cc2)cc1)C1COc2cccc(OC)c2C1. The molecule has 1 unspecified atom stereocenters. The number of methoxy groups -OCH3 is 1. The Morgan fingerprint density at radius 3 is 2.07 bits per heavy atom. The molecule has 0 aliphatic carbocycles. The second kappa shape index (κ2) is 11.6. The molecule has 6 rings (SSSR count). The minimum atomic E-state index is -0.231. The van der Waals surface area contributed by atoms with Crippen LogP contribution in [0.4, 0.5) is 0 Å². The minimum absolute atomic E-state index is 0.231. The number of hydrogen-bond donors (Lipinski definition) is 0. The van der Waals surface area contributed by atoms with Gasteiger partial charge in [-0.05, 0) is 65.9 Å². The lowest BCUT2D eigenvalue weighted by molar-refractivity contribution is 0.0642. The molecule has 6 heteroatoms. The number of rotatable bonds is 9. The number of amides is 2. The summed E-state index contributed by atoms with van der Waals surface area (Å²) in [4.78, 5) is 29.3. The molecule has 4 aromatic carbocycles. The van der Waals surface area contributed by atoms with Crippen LogP contribution in [0.25, 0.3) is 11.1 Å². The summed E-state index contributed by atoms with van der Waals surface area (Å²) in [6, 6.07) is 30.1. The summed E-state index contributed by atoms with van der Waals surface area (Å²) in [7, 11) is 1.72. The summed E-state index contributed by atoms with van der Waals surface area (Å²) in [5.41, 5.74) is 6.51. The zero-order valence-corrected chi connectivity index (χ0v) is 23.5. The summed E-state index contributed by atoms with van der Waals surface area (Å²) < 4.78 is 11.7. The molecule has 2 amide bonds. The van der Waals surface area contributed by atoms with Crippen LogP contribution >= 0.6 is 0 Å². The van der Waals surface area contributed by atoms with Crippen molar-refractivity contribution in [1.29, 1.82) is 0 Å². The van der Waals surface area contributed by atoms with Crippen LogP contribution in [0.3, 0.4) is 0 Å².